The minimum Gasteiger partial charge on any atom is -0.391 e. The highest BCUT2D eigenvalue weighted by Crippen LogP contribution is 1.95. The molecule has 0 saturated carbocycles. The molecule has 16 heavy (non-hydrogen) atoms. The van der Waals surface area contributed by atoms with Gasteiger partial charge in [-0.05, 0) is 13.0 Å². The molecule has 1 fully saturated rings. The van der Waals surface area contributed by atoms with Gasteiger partial charge < -0.3 is 19.9 Å². The second-order valence-corrected chi connectivity index (χ2v) is 4.10. The van der Waals surface area contributed by atoms with Crippen LogP contribution in [0.15, 0.2) is 0 Å². The molecular formula is C11H24N2O3. The van der Waals surface area contributed by atoms with Gasteiger partial charge in [-0.15, -0.1) is 0 Å². The zero-order valence-electron chi connectivity index (χ0n) is 10.2. The van der Waals surface area contributed by atoms with Crippen LogP contribution < -0.4 is 5.32 Å². The van der Waals surface area contributed by atoms with Gasteiger partial charge in [0.15, 0.2) is 0 Å². The molecule has 0 spiro atoms. The number of methoxy groups -OCH3 is 1. The Bertz CT molecular complexity index is 163. The molecule has 0 aromatic rings. The van der Waals surface area contributed by atoms with E-state index in [0.29, 0.717) is 6.61 Å². The van der Waals surface area contributed by atoms with Crippen molar-refractivity contribution in [2.45, 2.75) is 12.5 Å². The molecule has 1 atom stereocenters. The van der Waals surface area contributed by atoms with Gasteiger partial charge in [0, 0.05) is 33.3 Å². The number of rotatable bonds is 8. The van der Waals surface area contributed by atoms with E-state index in [-0.39, 0.29) is 6.10 Å². The maximum absolute atomic E-state index is 9.41. The molecule has 0 aliphatic carbocycles. The number of hydrogen-bond acceptors (Lipinski definition) is 5. The fraction of sp³-hybridized carbons (Fsp3) is 1.00. The van der Waals surface area contributed by atoms with Crippen molar-refractivity contribution >= 4 is 0 Å². The van der Waals surface area contributed by atoms with Crippen molar-refractivity contribution in [3.8, 4) is 0 Å². The summed E-state index contributed by atoms with van der Waals surface area (Å²) in [5.74, 6) is 0. The van der Waals surface area contributed by atoms with Crippen LogP contribution in [0.25, 0.3) is 0 Å². The number of hydrogen-bond donors (Lipinski definition) is 2. The highest BCUT2D eigenvalue weighted by atomic mass is 16.5. The number of morpholine rings is 1. The zero-order valence-corrected chi connectivity index (χ0v) is 10.2. The van der Waals surface area contributed by atoms with Gasteiger partial charge in [-0.1, -0.05) is 0 Å². The highest BCUT2D eigenvalue weighted by Gasteiger charge is 2.09. The van der Waals surface area contributed by atoms with Gasteiger partial charge in [0.05, 0.1) is 25.9 Å². The van der Waals surface area contributed by atoms with Crippen LogP contribution in [0.4, 0.5) is 0 Å². The molecule has 0 aromatic carbocycles. The lowest BCUT2D eigenvalue weighted by Crippen LogP contribution is -2.40. The number of ether oxygens (including phenoxy) is 2. The summed E-state index contributed by atoms with van der Waals surface area (Å²) in [4.78, 5) is 2.39. The fourth-order valence-corrected chi connectivity index (χ4v) is 1.73. The summed E-state index contributed by atoms with van der Waals surface area (Å²) >= 11 is 0. The van der Waals surface area contributed by atoms with Crippen LogP contribution in [-0.2, 0) is 9.47 Å². The second kappa shape index (κ2) is 8.90. The van der Waals surface area contributed by atoms with E-state index < -0.39 is 0 Å². The normalized spacial score (nSPS) is 19.9. The van der Waals surface area contributed by atoms with E-state index in [1.165, 1.54) is 0 Å². The SMILES string of the molecule is COCC(O)CCNCCN1CCOCC1. The maximum atomic E-state index is 9.41. The summed E-state index contributed by atoms with van der Waals surface area (Å²) in [7, 11) is 1.61. The van der Waals surface area contributed by atoms with E-state index in [9.17, 15) is 5.11 Å². The van der Waals surface area contributed by atoms with Gasteiger partial charge in [-0.2, -0.15) is 0 Å². The first-order valence-corrected chi connectivity index (χ1v) is 6.00. The highest BCUT2D eigenvalue weighted by molar-refractivity contribution is 4.64. The molecule has 2 N–H and O–H groups in total. The Kier molecular flexibility index (Phi) is 7.71. The lowest BCUT2D eigenvalue weighted by Gasteiger charge is -2.26. The summed E-state index contributed by atoms with van der Waals surface area (Å²) in [5.41, 5.74) is 0. The standard InChI is InChI=1S/C11H24N2O3/c1-15-10-11(14)2-3-12-4-5-13-6-8-16-9-7-13/h11-12,14H,2-10H2,1H3. The molecule has 0 bridgehead atoms. The number of nitrogens with zero attached hydrogens (tertiary/aromatic N) is 1. The lowest BCUT2D eigenvalue weighted by atomic mass is 10.2. The van der Waals surface area contributed by atoms with Gasteiger partial charge in [0.25, 0.3) is 0 Å². The van der Waals surface area contributed by atoms with Gasteiger partial charge >= 0.3 is 0 Å². The van der Waals surface area contributed by atoms with Crippen LogP contribution in [0.2, 0.25) is 0 Å². The first kappa shape index (κ1) is 13.9. The first-order chi connectivity index (χ1) is 7.83. The molecule has 1 aliphatic rings. The molecule has 0 aromatic heterocycles. The predicted octanol–water partition coefficient (Wildman–Crippen LogP) is -0.694. The summed E-state index contributed by atoms with van der Waals surface area (Å²) in [6.45, 7) is 7.07. The average molecular weight is 232 g/mol. The summed E-state index contributed by atoms with van der Waals surface area (Å²) in [6, 6.07) is 0. The van der Waals surface area contributed by atoms with Crippen LogP contribution >= 0.6 is 0 Å². The third-order valence-corrected chi connectivity index (χ3v) is 2.72. The Labute approximate surface area is 97.7 Å². The Morgan fingerprint density at radius 1 is 1.38 bits per heavy atom. The summed E-state index contributed by atoms with van der Waals surface area (Å²) < 4.78 is 10.1. The second-order valence-electron chi connectivity index (χ2n) is 4.10. The van der Waals surface area contributed by atoms with E-state index in [4.69, 9.17) is 9.47 Å². The fourth-order valence-electron chi connectivity index (χ4n) is 1.73. The molecule has 1 aliphatic heterocycles. The number of aliphatic hydroxyl groups excluding tert-OH is 1. The quantitative estimate of drug-likeness (QED) is 0.542. The van der Waals surface area contributed by atoms with Crippen molar-refractivity contribution in [3.63, 3.8) is 0 Å². The molecule has 5 nitrogen and oxygen atoms in total. The van der Waals surface area contributed by atoms with Gasteiger partial charge in [-0.3, -0.25) is 4.90 Å². The van der Waals surface area contributed by atoms with Gasteiger partial charge in [0.2, 0.25) is 0 Å². The molecule has 1 heterocycles. The lowest BCUT2D eigenvalue weighted by molar-refractivity contribution is 0.0379. The van der Waals surface area contributed by atoms with Crippen LogP contribution in [0.3, 0.4) is 0 Å². The third-order valence-electron chi connectivity index (χ3n) is 2.72. The third kappa shape index (κ3) is 6.40. The molecule has 1 unspecified atom stereocenters. The van der Waals surface area contributed by atoms with Crippen LogP contribution in [0.5, 0.6) is 0 Å². The van der Waals surface area contributed by atoms with Crippen molar-refractivity contribution in [1.29, 1.82) is 0 Å². The minimum absolute atomic E-state index is 0.346. The summed E-state index contributed by atoms with van der Waals surface area (Å²) in [5, 5.41) is 12.7. The minimum atomic E-state index is -0.346. The molecule has 1 saturated heterocycles. The van der Waals surface area contributed by atoms with Crippen molar-refractivity contribution < 1.29 is 14.6 Å². The van der Waals surface area contributed by atoms with Crippen molar-refractivity contribution in [2.24, 2.45) is 0 Å². The molecule has 1 rings (SSSR count). The van der Waals surface area contributed by atoms with E-state index in [1.54, 1.807) is 7.11 Å². The van der Waals surface area contributed by atoms with E-state index in [0.717, 1.165) is 52.4 Å². The Morgan fingerprint density at radius 2 is 2.12 bits per heavy atom. The molecule has 5 heteroatoms. The molecule has 96 valence electrons. The van der Waals surface area contributed by atoms with Crippen LogP contribution in [-0.4, -0.2) is 75.8 Å². The zero-order chi connectivity index (χ0) is 11.6. The number of aliphatic hydroxyl groups is 1. The predicted molar refractivity (Wildman–Crippen MR) is 62.6 cm³/mol. The van der Waals surface area contributed by atoms with Crippen LogP contribution in [0, 0.1) is 0 Å². The number of nitrogens with one attached hydrogen (secondary N) is 1. The van der Waals surface area contributed by atoms with Crippen molar-refractivity contribution in [1.82, 2.24) is 10.2 Å². The molecule has 0 radical (unpaired) electrons. The summed E-state index contributed by atoms with van der Waals surface area (Å²) in [6.07, 6.45) is 0.401. The Hall–Kier alpha value is -0.200. The topological polar surface area (TPSA) is 54.0 Å². The molecular weight excluding hydrogens is 208 g/mol. The maximum Gasteiger partial charge on any atom is 0.0785 e. The van der Waals surface area contributed by atoms with Crippen molar-refractivity contribution in [2.75, 3.05) is 59.7 Å². The van der Waals surface area contributed by atoms with E-state index in [1.807, 2.05) is 0 Å². The van der Waals surface area contributed by atoms with E-state index in [2.05, 4.69) is 10.2 Å². The van der Waals surface area contributed by atoms with Crippen molar-refractivity contribution in [3.05, 3.63) is 0 Å². The van der Waals surface area contributed by atoms with Gasteiger partial charge in [-0.25, -0.2) is 0 Å². The Balaban J connectivity index is 1.87. The monoisotopic (exact) mass is 232 g/mol. The Morgan fingerprint density at radius 3 is 2.81 bits per heavy atom. The molecule has 0 amide bonds. The average Bonchev–Trinajstić information content (AvgIpc) is 2.30. The largest absolute Gasteiger partial charge is 0.391 e. The van der Waals surface area contributed by atoms with Gasteiger partial charge in [0.1, 0.15) is 0 Å². The first-order valence-electron chi connectivity index (χ1n) is 6.00. The van der Waals surface area contributed by atoms with Crippen LogP contribution in [0.1, 0.15) is 6.42 Å². The van der Waals surface area contributed by atoms with E-state index >= 15 is 0 Å². The smallest absolute Gasteiger partial charge is 0.0785 e.